The summed E-state index contributed by atoms with van der Waals surface area (Å²) in [5.74, 6) is 0. The van der Waals surface area contributed by atoms with E-state index in [4.69, 9.17) is 0 Å². The Morgan fingerprint density at radius 3 is 2.25 bits per heavy atom. The molecule has 0 aliphatic rings. The normalized spacial score (nSPS) is 8.12. The van der Waals surface area contributed by atoms with Gasteiger partial charge in [-0.2, -0.15) is 10.2 Å². The summed E-state index contributed by atoms with van der Waals surface area (Å²) in [4.78, 5) is 0. The SMILES string of the molecule is Cc1nnc([S-])s1.[K+]. The van der Waals surface area contributed by atoms with E-state index in [0.717, 1.165) is 5.01 Å². The molecule has 0 bridgehead atoms. The second-order valence-corrected chi connectivity index (χ2v) is 2.91. The number of aryl methyl sites for hydroxylation is 1. The van der Waals surface area contributed by atoms with Crippen LogP contribution in [-0.4, -0.2) is 10.2 Å². The first-order chi connectivity index (χ1) is 3.29. The molecule has 38 valence electrons. The smallest absolute Gasteiger partial charge is 0.406 e. The Balaban J connectivity index is 0.000000490. The molecule has 0 amide bonds. The van der Waals surface area contributed by atoms with E-state index >= 15 is 0 Å². The van der Waals surface area contributed by atoms with Gasteiger partial charge in [-0.1, -0.05) is 0 Å². The summed E-state index contributed by atoms with van der Waals surface area (Å²) in [6, 6.07) is 0. The monoisotopic (exact) mass is 170 g/mol. The zero-order valence-corrected chi connectivity index (χ0v) is 9.47. The molecule has 0 unspecified atom stereocenters. The van der Waals surface area contributed by atoms with Gasteiger partial charge in [0.25, 0.3) is 0 Å². The number of rotatable bonds is 0. The van der Waals surface area contributed by atoms with Gasteiger partial charge >= 0.3 is 51.4 Å². The molecular weight excluding hydrogens is 167 g/mol. The summed E-state index contributed by atoms with van der Waals surface area (Å²) in [6.07, 6.45) is 0. The summed E-state index contributed by atoms with van der Waals surface area (Å²) in [6.45, 7) is 1.88. The molecule has 5 heteroatoms. The topological polar surface area (TPSA) is 25.8 Å². The Morgan fingerprint density at radius 1 is 1.50 bits per heavy atom. The Bertz CT molecular complexity index is 148. The van der Waals surface area contributed by atoms with Crippen molar-refractivity contribution in [3.63, 3.8) is 0 Å². The molecule has 0 saturated heterocycles. The molecule has 0 fully saturated rings. The molecule has 8 heavy (non-hydrogen) atoms. The summed E-state index contributed by atoms with van der Waals surface area (Å²) in [5.41, 5.74) is 0. The number of hydrogen-bond donors (Lipinski definition) is 0. The predicted molar refractivity (Wildman–Crippen MR) is 30.3 cm³/mol. The maximum Gasteiger partial charge on any atom is 1.00 e. The zero-order chi connectivity index (χ0) is 5.28. The molecular formula is C3H3KN2S2. The Kier molecular flexibility index (Phi) is 5.02. The Labute approximate surface area is 99.9 Å². The van der Waals surface area contributed by atoms with Crippen molar-refractivity contribution in [1.29, 1.82) is 0 Å². The van der Waals surface area contributed by atoms with Crippen molar-refractivity contribution >= 4 is 24.0 Å². The van der Waals surface area contributed by atoms with Crippen LogP contribution >= 0.6 is 11.3 Å². The molecule has 0 N–H and O–H groups in total. The van der Waals surface area contributed by atoms with Crippen LogP contribution in [-0.2, 0) is 12.6 Å². The molecule has 0 spiro atoms. The summed E-state index contributed by atoms with van der Waals surface area (Å²) >= 11 is 6.11. The van der Waals surface area contributed by atoms with Crippen LogP contribution in [0.2, 0.25) is 0 Å². The Morgan fingerprint density at radius 2 is 2.12 bits per heavy atom. The fraction of sp³-hybridized carbons (Fsp3) is 0.333. The fourth-order valence-electron chi connectivity index (χ4n) is 0.278. The van der Waals surface area contributed by atoms with E-state index in [2.05, 4.69) is 22.8 Å². The molecule has 0 aliphatic carbocycles. The largest absolute Gasteiger partial charge is 1.00 e. The van der Waals surface area contributed by atoms with Gasteiger partial charge in [0.1, 0.15) is 0 Å². The average molecular weight is 170 g/mol. The van der Waals surface area contributed by atoms with E-state index in [9.17, 15) is 0 Å². The van der Waals surface area contributed by atoms with E-state index in [-0.39, 0.29) is 51.4 Å². The van der Waals surface area contributed by atoms with Gasteiger partial charge in [0, 0.05) is 5.01 Å². The van der Waals surface area contributed by atoms with Crippen LogP contribution in [0.4, 0.5) is 0 Å². The van der Waals surface area contributed by atoms with Crippen molar-refractivity contribution in [3.8, 4) is 0 Å². The first-order valence-corrected chi connectivity index (χ1v) is 2.98. The fourth-order valence-corrected chi connectivity index (χ4v) is 1.10. The molecule has 0 atom stereocenters. The second-order valence-electron chi connectivity index (χ2n) is 1.09. The molecule has 0 aliphatic heterocycles. The van der Waals surface area contributed by atoms with Gasteiger partial charge in [0.15, 0.2) is 0 Å². The third kappa shape index (κ3) is 2.81. The van der Waals surface area contributed by atoms with Crippen molar-refractivity contribution in [2.45, 2.75) is 11.3 Å². The maximum atomic E-state index is 4.68. The average Bonchev–Trinajstić information content (AvgIpc) is 1.87. The maximum absolute atomic E-state index is 4.68. The Hall–Kier alpha value is 1.42. The minimum atomic E-state index is 0. The van der Waals surface area contributed by atoms with Crippen LogP contribution in [0.1, 0.15) is 5.01 Å². The van der Waals surface area contributed by atoms with Crippen LogP contribution in [0, 0.1) is 6.92 Å². The van der Waals surface area contributed by atoms with Crippen LogP contribution in [0.5, 0.6) is 0 Å². The van der Waals surface area contributed by atoms with E-state index in [0.29, 0.717) is 4.34 Å². The molecule has 1 aromatic rings. The van der Waals surface area contributed by atoms with Gasteiger partial charge in [0.05, 0.1) is 0 Å². The van der Waals surface area contributed by atoms with Crippen molar-refractivity contribution in [2.75, 3.05) is 0 Å². The van der Waals surface area contributed by atoms with Gasteiger partial charge in [-0.15, -0.1) is 0 Å². The summed E-state index contributed by atoms with van der Waals surface area (Å²) in [7, 11) is 0. The van der Waals surface area contributed by atoms with Crippen LogP contribution in [0.15, 0.2) is 4.34 Å². The van der Waals surface area contributed by atoms with E-state index in [1.807, 2.05) is 6.92 Å². The van der Waals surface area contributed by atoms with E-state index in [1.54, 1.807) is 0 Å². The first-order valence-electron chi connectivity index (χ1n) is 1.76. The quantitative estimate of drug-likeness (QED) is 0.325. The van der Waals surface area contributed by atoms with Crippen molar-refractivity contribution < 1.29 is 51.4 Å². The summed E-state index contributed by atoms with van der Waals surface area (Å²) < 4.78 is 0.623. The third-order valence-electron chi connectivity index (χ3n) is 0.507. The first kappa shape index (κ1) is 9.42. The van der Waals surface area contributed by atoms with Crippen LogP contribution in [0.3, 0.4) is 0 Å². The van der Waals surface area contributed by atoms with Gasteiger partial charge in [0.2, 0.25) is 0 Å². The minimum absolute atomic E-state index is 0. The molecule has 2 nitrogen and oxygen atoms in total. The number of hydrogen-bond acceptors (Lipinski definition) is 4. The van der Waals surface area contributed by atoms with Crippen LogP contribution < -0.4 is 51.4 Å². The standard InChI is InChI=1S/C3H4N2S2.K/c1-2-4-5-3(6)7-2;/h1H3,(H,5,6);/q;+1/p-1. The third-order valence-corrected chi connectivity index (χ3v) is 1.47. The summed E-state index contributed by atoms with van der Waals surface area (Å²) in [5, 5.41) is 8.22. The second kappa shape index (κ2) is 4.27. The zero-order valence-electron chi connectivity index (χ0n) is 4.71. The molecule has 0 saturated carbocycles. The predicted octanol–water partition coefficient (Wildman–Crippen LogP) is -2.24. The van der Waals surface area contributed by atoms with Gasteiger partial charge < -0.3 is 24.0 Å². The van der Waals surface area contributed by atoms with E-state index < -0.39 is 0 Å². The van der Waals surface area contributed by atoms with Crippen molar-refractivity contribution in [3.05, 3.63) is 5.01 Å². The van der Waals surface area contributed by atoms with Gasteiger partial charge in [-0.3, -0.25) is 0 Å². The van der Waals surface area contributed by atoms with E-state index in [1.165, 1.54) is 11.3 Å². The van der Waals surface area contributed by atoms with Gasteiger partial charge in [-0.25, -0.2) is 0 Å². The minimum Gasteiger partial charge on any atom is -0.406 e. The molecule has 0 radical (unpaired) electrons. The molecule has 1 aromatic heterocycles. The molecule has 0 aromatic carbocycles. The van der Waals surface area contributed by atoms with Gasteiger partial charge in [-0.05, 0) is 11.3 Å². The van der Waals surface area contributed by atoms with Crippen LogP contribution in [0.25, 0.3) is 0 Å². The van der Waals surface area contributed by atoms with Crippen molar-refractivity contribution in [2.24, 2.45) is 0 Å². The molecule has 1 heterocycles. The number of aromatic nitrogens is 2. The van der Waals surface area contributed by atoms with Crippen molar-refractivity contribution in [1.82, 2.24) is 10.2 Å². The molecule has 1 rings (SSSR count). The number of nitrogens with zero attached hydrogens (tertiary/aromatic N) is 2.